The zero-order valence-electron chi connectivity index (χ0n) is 24.5. The van der Waals surface area contributed by atoms with E-state index in [2.05, 4.69) is 30.5 Å². The van der Waals surface area contributed by atoms with Crippen molar-refractivity contribution in [1.29, 1.82) is 0 Å². The van der Waals surface area contributed by atoms with Gasteiger partial charge in [-0.2, -0.15) is 23.3 Å². The molecule has 1 aliphatic rings. The molecule has 13 nitrogen and oxygen atoms in total. The van der Waals surface area contributed by atoms with Gasteiger partial charge in [0.15, 0.2) is 12.1 Å². The number of piperidine rings is 1. The van der Waals surface area contributed by atoms with Crippen LogP contribution in [0, 0.1) is 0 Å². The van der Waals surface area contributed by atoms with Gasteiger partial charge in [-0.15, -0.1) is 0 Å². The van der Waals surface area contributed by atoms with Gasteiger partial charge in [0, 0.05) is 37.4 Å². The second-order valence-corrected chi connectivity index (χ2v) is 10.5. The third kappa shape index (κ3) is 7.81. The van der Waals surface area contributed by atoms with E-state index in [0.29, 0.717) is 48.0 Å². The topological polar surface area (TPSA) is 150 Å². The average Bonchev–Trinajstić information content (AvgIpc) is 3.51. The highest BCUT2D eigenvalue weighted by Crippen LogP contribution is 2.32. The number of methoxy groups -OCH3 is 1. The number of carbonyl (C=O) groups excluding carboxylic acids is 1. The molecule has 238 valence electrons. The summed E-state index contributed by atoms with van der Waals surface area (Å²) in [7, 11) is 1.50. The van der Waals surface area contributed by atoms with Crippen molar-refractivity contribution in [3.05, 3.63) is 81.6 Å². The van der Waals surface area contributed by atoms with Crippen LogP contribution in [0.5, 0.6) is 5.75 Å². The Morgan fingerprint density at radius 2 is 1.84 bits per heavy atom. The van der Waals surface area contributed by atoms with Crippen LogP contribution in [0.1, 0.15) is 58.9 Å². The summed E-state index contributed by atoms with van der Waals surface area (Å²) >= 11 is 0. The normalized spacial score (nSPS) is 14.7. The van der Waals surface area contributed by atoms with Crippen LogP contribution in [0.15, 0.2) is 52.2 Å². The van der Waals surface area contributed by atoms with Gasteiger partial charge in [0.05, 0.1) is 37.7 Å². The van der Waals surface area contributed by atoms with Crippen molar-refractivity contribution >= 4 is 17.9 Å². The molecule has 1 saturated heterocycles. The van der Waals surface area contributed by atoms with E-state index in [0.717, 1.165) is 23.7 Å². The monoisotopic (exact) mass is 628 g/mol. The predicted octanol–water partition coefficient (Wildman–Crippen LogP) is 3.71. The predicted molar refractivity (Wildman–Crippen MR) is 154 cm³/mol. The van der Waals surface area contributed by atoms with Gasteiger partial charge in [0.25, 0.3) is 11.4 Å². The van der Waals surface area contributed by atoms with E-state index < -0.39 is 29.0 Å². The first kappa shape index (κ1) is 31.6. The third-order valence-electron chi connectivity index (χ3n) is 7.24. The van der Waals surface area contributed by atoms with E-state index in [9.17, 15) is 22.8 Å². The highest BCUT2D eigenvalue weighted by Gasteiger charge is 2.38. The molecule has 5 rings (SSSR count). The molecule has 0 aliphatic carbocycles. The fourth-order valence-corrected chi connectivity index (χ4v) is 4.90. The number of anilines is 2. The van der Waals surface area contributed by atoms with Gasteiger partial charge >= 0.3 is 6.18 Å². The largest absolute Gasteiger partial charge is 0.497 e. The number of rotatable bonds is 12. The number of aromatic nitrogens is 6. The minimum atomic E-state index is -4.91. The number of benzene rings is 1. The summed E-state index contributed by atoms with van der Waals surface area (Å²) in [4.78, 5) is 38.5. The summed E-state index contributed by atoms with van der Waals surface area (Å²) in [5.74, 6) is 1.99. The number of hydrogen-bond donors (Lipinski definition) is 1. The van der Waals surface area contributed by atoms with Crippen molar-refractivity contribution in [2.75, 3.05) is 37.0 Å². The molecule has 1 N–H and O–H groups in total. The Labute approximate surface area is 255 Å². The molecular formula is C29H31F3N8O5. The molecule has 1 aliphatic heterocycles. The van der Waals surface area contributed by atoms with E-state index in [1.54, 1.807) is 31.2 Å². The van der Waals surface area contributed by atoms with E-state index in [1.165, 1.54) is 19.5 Å². The number of hydrogen-bond acceptors (Lipinski definition) is 12. The van der Waals surface area contributed by atoms with Gasteiger partial charge in [0.1, 0.15) is 17.9 Å². The molecular weight excluding hydrogens is 597 g/mol. The molecule has 16 heteroatoms. The van der Waals surface area contributed by atoms with Gasteiger partial charge in [-0.25, -0.2) is 14.6 Å². The fourth-order valence-electron chi connectivity index (χ4n) is 4.90. The molecule has 0 bridgehead atoms. The maximum atomic E-state index is 14.0. The minimum absolute atomic E-state index is 0.00870. The summed E-state index contributed by atoms with van der Waals surface area (Å²) in [5, 5.41) is 10.7. The number of carbonyl (C=O) groups is 1. The Morgan fingerprint density at radius 3 is 2.49 bits per heavy atom. The number of ether oxygens (including phenoxy) is 2. The summed E-state index contributed by atoms with van der Waals surface area (Å²) in [6.45, 7) is 2.78. The maximum Gasteiger partial charge on any atom is 0.423 e. The molecule has 4 aromatic rings. The molecule has 4 heterocycles. The highest BCUT2D eigenvalue weighted by atomic mass is 19.4. The van der Waals surface area contributed by atoms with Crippen LogP contribution in [-0.4, -0.2) is 69.0 Å². The summed E-state index contributed by atoms with van der Waals surface area (Å²) < 4.78 is 58.7. The molecule has 3 aromatic heterocycles. The Bertz CT molecular complexity index is 1640. The van der Waals surface area contributed by atoms with Crippen molar-refractivity contribution in [3.63, 3.8) is 0 Å². The summed E-state index contributed by atoms with van der Waals surface area (Å²) in [6, 6.07) is 5.98. The van der Waals surface area contributed by atoms with Crippen LogP contribution >= 0.6 is 0 Å². The van der Waals surface area contributed by atoms with Crippen LogP contribution < -0.4 is 20.5 Å². The highest BCUT2D eigenvalue weighted by molar-refractivity contribution is 5.73. The van der Waals surface area contributed by atoms with Crippen LogP contribution in [-0.2, 0) is 24.1 Å². The Hall–Kier alpha value is -4.86. The van der Waals surface area contributed by atoms with E-state index in [1.807, 2.05) is 4.90 Å². The molecule has 45 heavy (non-hydrogen) atoms. The first-order valence-electron chi connectivity index (χ1n) is 14.1. The third-order valence-corrected chi connectivity index (χ3v) is 7.24. The Kier molecular flexibility index (Phi) is 9.71. The Morgan fingerprint density at radius 1 is 1.13 bits per heavy atom. The summed E-state index contributed by atoms with van der Waals surface area (Å²) in [5.41, 5.74) is -2.04. The van der Waals surface area contributed by atoms with Gasteiger partial charge in [0.2, 0.25) is 5.95 Å². The quantitative estimate of drug-likeness (QED) is 0.228. The standard InChI is InChI=1S/C29H31F3N8O5/c1-18(36-23-13-35-40(27(42)25(23)29(30,31)32)14-19-3-5-22(43-2)6-4-19)16-44-17-24-37-26(38-45-24)21-7-9-39(10-8-21)28-33-11-20(15-41)12-34-28/h3-6,11-13,15,18,21,36H,7-10,14,16-17H2,1-2H3. The van der Waals surface area contributed by atoms with E-state index in [4.69, 9.17) is 14.0 Å². The van der Waals surface area contributed by atoms with Crippen LogP contribution in [0.25, 0.3) is 0 Å². The van der Waals surface area contributed by atoms with Crippen molar-refractivity contribution in [2.24, 2.45) is 0 Å². The molecule has 1 aromatic carbocycles. The lowest BCUT2D eigenvalue weighted by atomic mass is 9.96. The number of nitrogens with one attached hydrogen (secondary N) is 1. The Balaban J connectivity index is 1.13. The first-order chi connectivity index (χ1) is 21.6. The lowest BCUT2D eigenvalue weighted by Gasteiger charge is -2.30. The zero-order valence-corrected chi connectivity index (χ0v) is 24.5. The minimum Gasteiger partial charge on any atom is -0.497 e. The summed E-state index contributed by atoms with van der Waals surface area (Å²) in [6.07, 6.45) is 1.23. The second-order valence-electron chi connectivity index (χ2n) is 10.5. The van der Waals surface area contributed by atoms with Gasteiger partial charge < -0.3 is 24.2 Å². The van der Waals surface area contributed by atoms with Crippen LogP contribution in [0.3, 0.4) is 0 Å². The van der Waals surface area contributed by atoms with Crippen molar-refractivity contribution in [2.45, 2.75) is 51.1 Å². The smallest absolute Gasteiger partial charge is 0.423 e. The SMILES string of the molecule is COc1ccc(Cn2ncc(NC(C)COCc3nc(C4CCN(c5ncc(C=O)cn5)CC4)no3)c(C(F)(F)F)c2=O)cc1. The number of alkyl halides is 3. The van der Waals surface area contributed by atoms with Crippen molar-refractivity contribution < 1.29 is 32.0 Å². The average molecular weight is 629 g/mol. The lowest BCUT2D eigenvalue weighted by Crippen LogP contribution is -2.34. The van der Waals surface area contributed by atoms with Crippen LogP contribution in [0.4, 0.5) is 24.8 Å². The van der Waals surface area contributed by atoms with Crippen LogP contribution in [0.2, 0.25) is 0 Å². The fraction of sp³-hybridized carbons (Fsp3) is 0.414. The lowest BCUT2D eigenvalue weighted by molar-refractivity contribution is -0.138. The molecule has 0 spiro atoms. The zero-order chi connectivity index (χ0) is 32.0. The molecule has 1 unspecified atom stereocenters. The van der Waals surface area contributed by atoms with E-state index >= 15 is 0 Å². The number of halogens is 3. The van der Waals surface area contributed by atoms with Crippen molar-refractivity contribution in [1.82, 2.24) is 29.9 Å². The van der Waals surface area contributed by atoms with Crippen molar-refractivity contribution in [3.8, 4) is 5.75 Å². The van der Waals surface area contributed by atoms with Gasteiger partial charge in [-0.05, 0) is 37.5 Å². The van der Waals surface area contributed by atoms with E-state index in [-0.39, 0.29) is 31.6 Å². The molecule has 0 amide bonds. The molecule has 1 atom stereocenters. The van der Waals surface area contributed by atoms with Gasteiger partial charge in [-0.1, -0.05) is 17.3 Å². The maximum absolute atomic E-state index is 14.0. The number of nitrogens with zero attached hydrogens (tertiary/aromatic N) is 7. The molecule has 0 radical (unpaired) electrons. The second kappa shape index (κ2) is 13.8. The number of aldehydes is 1. The first-order valence-corrected chi connectivity index (χ1v) is 14.1. The molecule has 0 saturated carbocycles. The molecule has 1 fully saturated rings. The van der Waals surface area contributed by atoms with Gasteiger partial charge in [-0.3, -0.25) is 9.59 Å².